The molecular formula is C23H18Cl2F3N10+. The summed E-state index contributed by atoms with van der Waals surface area (Å²) >= 11 is 12.1. The van der Waals surface area contributed by atoms with Crippen LogP contribution in [0.4, 0.5) is 13.2 Å². The number of halogens is 5. The molecule has 194 valence electrons. The van der Waals surface area contributed by atoms with Crippen LogP contribution in [0.15, 0.2) is 49.2 Å². The van der Waals surface area contributed by atoms with Gasteiger partial charge in [-0.05, 0) is 30.5 Å². The fraction of sp³-hybridized carbons (Fsp3) is 0.261. The zero-order valence-electron chi connectivity index (χ0n) is 19.4. The highest BCUT2D eigenvalue weighted by atomic mass is 35.5. The fourth-order valence-corrected chi connectivity index (χ4v) is 4.67. The Balaban J connectivity index is 1.35. The average molecular weight is 562 g/mol. The molecule has 1 aliphatic rings. The normalized spacial score (nSPS) is 14.4. The van der Waals surface area contributed by atoms with Gasteiger partial charge in [0.15, 0.2) is 16.2 Å². The molecule has 6 rings (SSSR count). The van der Waals surface area contributed by atoms with E-state index in [4.69, 9.17) is 23.2 Å². The molecule has 4 heterocycles. The van der Waals surface area contributed by atoms with Gasteiger partial charge in [-0.2, -0.15) is 13.9 Å². The van der Waals surface area contributed by atoms with E-state index in [0.717, 1.165) is 19.3 Å². The molecule has 1 N–H and O–H groups in total. The van der Waals surface area contributed by atoms with Crippen LogP contribution in [0, 0.1) is 11.7 Å². The van der Waals surface area contributed by atoms with Crippen LogP contribution in [-0.2, 0) is 0 Å². The van der Waals surface area contributed by atoms with Crippen molar-refractivity contribution in [1.82, 2.24) is 45.3 Å². The number of nitrogens with one attached hydrogen (secondary N) is 1. The lowest BCUT2D eigenvalue weighted by Crippen LogP contribution is -2.33. The number of rotatable bonds is 8. The number of hydrogen-bond acceptors (Lipinski definition) is 6. The van der Waals surface area contributed by atoms with Gasteiger partial charge >= 0.3 is 6.55 Å². The van der Waals surface area contributed by atoms with Gasteiger partial charge in [0.2, 0.25) is 0 Å². The molecule has 10 nitrogen and oxygen atoms in total. The summed E-state index contributed by atoms with van der Waals surface area (Å²) in [5.74, 6) is -0.0838. The minimum absolute atomic E-state index is 0.0287. The molecular weight excluding hydrogens is 544 g/mol. The zero-order chi connectivity index (χ0) is 26.4. The third-order valence-electron chi connectivity index (χ3n) is 6.34. The summed E-state index contributed by atoms with van der Waals surface area (Å²) in [6, 6.07) is 6.44. The highest BCUT2D eigenvalue weighted by Crippen LogP contribution is 2.40. The molecule has 38 heavy (non-hydrogen) atoms. The average Bonchev–Trinajstić information content (AvgIpc) is 3.28. The van der Waals surface area contributed by atoms with Crippen molar-refractivity contribution >= 4 is 23.2 Å². The van der Waals surface area contributed by atoms with Crippen LogP contribution in [0.25, 0.3) is 28.1 Å². The number of nitrogens with zero attached hydrogens (tertiary/aromatic N) is 9. The molecule has 1 fully saturated rings. The van der Waals surface area contributed by atoms with Crippen molar-refractivity contribution in [3.8, 4) is 28.1 Å². The van der Waals surface area contributed by atoms with E-state index in [1.165, 1.54) is 23.3 Å². The quantitative estimate of drug-likeness (QED) is 0.272. The van der Waals surface area contributed by atoms with Crippen molar-refractivity contribution in [1.29, 1.82) is 0 Å². The van der Waals surface area contributed by atoms with Crippen LogP contribution < -0.4 is 4.68 Å². The van der Waals surface area contributed by atoms with E-state index in [9.17, 15) is 8.78 Å². The molecule has 4 aromatic heterocycles. The first-order valence-corrected chi connectivity index (χ1v) is 12.3. The molecule has 1 aromatic carbocycles. The Morgan fingerprint density at radius 1 is 1.08 bits per heavy atom. The Hall–Kier alpha value is -3.84. The van der Waals surface area contributed by atoms with Gasteiger partial charge in [-0.3, -0.25) is 9.67 Å². The molecule has 5 aromatic rings. The third-order valence-corrected chi connectivity index (χ3v) is 6.88. The van der Waals surface area contributed by atoms with Crippen molar-refractivity contribution in [2.45, 2.75) is 31.9 Å². The fourth-order valence-electron chi connectivity index (χ4n) is 4.29. The maximum atomic E-state index is 15.2. The zero-order valence-corrected chi connectivity index (χ0v) is 20.9. The van der Waals surface area contributed by atoms with Crippen LogP contribution in [0.2, 0.25) is 10.2 Å². The SMILES string of the molecule is Fc1c(Cl)ccc(-[n+]2cnn[nH]2)c1-c1ccc([C@H](CC2CC2)n2cc(-c3nn(C(F)F)nc3Cl)cn2)nc1. The summed E-state index contributed by atoms with van der Waals surface area (Å²) in [6.45, 7) is -2.91. The molecule has 0 spiro atoms. The monoisotopic (exact) mass is 561 g/mol. The number of aromatic nitrogens is 10. The lowest BCUT2D eigenvalue weighted by atomic mass is 10.0. The Morgan fingerprint density at radius 2 is 1.92 bits per heavy atom. The molecule has 1 saturated carbocycles. The predicted molar refractivity (Wildman–Crippen MR) is 129 cm³/mol. The van der Waals surface area contributed by atoms with Crippen LogP contribution in [0.3, 0.4) is 0 Å². The Labute approximate surface area is 223 Å². The smallest absolute Gasteiger partial charge is 0.263 e. The van der Waals surface area contributed by atoms with E-state index in [1.54, 1.807) is 29.2 Å². The number of H-pyrrole nitrogens is 1. The molecule has 15 heteroatoms. The van der Waals surface area contributed by atoms with Gasteiger partial charge in [-0.25, -0.2) is 4.39 Å². The van der Waals surface area contributed by atoms with Crippen molar-refractivity contribution in [3.05, 3.63) is 70.9 Å². The maximum absolute atomic E-state index is 15.2. The van der Waals surface area contributed by atoms with E-state index in [0.29, 0.717) is 28.4 Å². The number of hydrogen-bond donors (Lipinski definition) is 1. The van der Waals surface area contributed by atoms with Crippen LogP contribution >= 0.6 is 23.2 Å². The second kappa shape index (κ2) is 9.80. The Kier molecular flexibility index (Phi) is 6.32. The second-order valence-corrected chi connectivity index (χ2v) is 9.63. The predicted octanol–water partition coefficient (Wildman–Crippen LogP) is 4.83. The van der Waals surface area contributed by atoms with Crippen molar-refractivity contribution < 1.29 is 17.9 Å². The molecule has 1 atom stereocenters. The summed E-state index contributed by atoms with van der Waals surface area (Å²) in [5, 5.41) is 21.7. The third kappa shape index (κ3) is 4.63. The van der Waals surface area contributed by atoms with E-state index < -0.39 is 12.4 Å². The van der Waals surface area contributed by atoms with E-state index in [1.807, 2.05) is 6.07 Å². The molecule has 1 aliphatic carbocycles. The topological polar surface area (TPSA) is 107 Å². The van der Waals surface area contributed by atoms with Gasteiger partial charge in [-0.1, -0.05) is 47.3 Å². The van der Waals surface area contributed by atoms with Crippen molar-refractivity contribution in [2.24, 2.45) is 5.92 Å². The van der Waals surface area contributed by atoms with Crippen molar-refractivity contribution in [2.75, 3.05) is 0 Å². The number of pyridine rings is 1. The van der Waals surface area contributed by atoms with Gasteiger partial charge in [0.25, 0.3) is 6.33 Å². The largest absolute Gasteiger partial charge is 0.348 e. The number of tetrazole rings is 1. The number of benzene rings is 1. The van der Waals surface area contributed by atoms with E-state index in [-0.39, 0.29) is 32.3 Å². The summed E-state index contributed by atoms with van der Waals surface area (Å²) in [5.41, 5.74) is 2.48. The second-order valence-electron chi connectivity index (χ2n) is 8.87. The van der Waals surface area contributed by atoms with Crippen LogP contribution in [-0.4, -0.2) is 45.3 Å². The first kappa shape index (κ1) is 24.5. The van der Waals surface area contributed by atoms with Gasteiger partial charge in [0.05, 0.1) is 28.5 Å². The lowest BCUT2D eigenvalue weighted by Gasteiger charge is -2.18. The van der Waals surface area contributed by atoms with E-state index in [2.05, 4.69) is 35.8 Å². The van der Waals surface area contributed by atoms with Crippen LogP contribution in [0.1, 0.15) is 37.5 Å². The van der Waals surface area contributed by atoms with Gasteiger partial charge in [-0.15, -0.1) is 19.7 Å². The first-order chi connectivity index (χ1) is 18.4. The summed E-state index contributed by atoms with van der Waals surface area (Å²) < 4.78 is 44.4. The standard InChI is InChI=1S/C23H17Cl2F3N10/c24-15-4-6-17(37-11-30-34-35-37)19(20(15)26)13-3-5-16(29-8-13)18(7-12-1-2-12)36-10-14(9-31-36)21-22(25)33-38(32-21)23(27)28/h3-6,8-12,18,23H,1-2,7H2/p+1/t18-/m0/s1. The highest BCUT2D eigenvalue weighted by Gasteiger charge is 2.29. The molecule has 0 amide bonds. The number of alkyl halides is 2. The summed E-state index contributed by atoms with van der Waals surface area (Å²) in [4.78, 5) is 4.92. The highest BCUT2D eigenvalue weighted by molar-refractivity contribution is 6.31. The van der Waals surface area contributed by atoms with Crippen LogP contribution in [0.5, 0.6) is 0 Å². The molecule has 0 unspecified atom stereocenters. The number of aromatic amines is 1. The molecule has 0 radical (unpaired) electrons. The summed E-state index contributed by atoms with van der Waals surface area (Å²) in [7, 11) is 0. The maximum Gasteiger partial charge on any atom is 0.348 e. The van der Waals surface area contributed by atoms with Crippen molar-refractivity contribution in [3.63, 3.8) is 0 Å². The minimum Gasteiger partial charge on any atom is -0.263 e. The van der Waals surface area contributed by atoms with Gasteiger partial charge in [0, 0.05) is 23.5 Å². The van der Waals surface area contributed by atoms with Gasteiger partial charge in [0.1, 0.15) is 16.5 Å². The minimum atomic E-state index is -2.91. The molecule has 0 bridgehead atoms. The first-order valence-electron chi connectivity index (χ1n) is 11.6. The molecule has 0 aliphatic heterocycles. The van der Waals surface area contributed by atoms with E-state index >= 15 is 4.39 Å². The Morgan fingerprint density at radius 3 is 2.58 bits per heavy atom. The Bertz CT molecular complexity index is 1580. The molecule has 0 saturated heterocycles. The van der Waals surface area contributed by atoms with Gasteiger partial charge < -0.3 is 0 Å². The summed E-state index contributed by atoms with van der Waals surface area (Å²) in [6.07, 6.45) is 9.16. The lowest BCUT2D eigenvalue weighted by molar-refractivity contribution is -0.659.